The third-order valence-corrected chi connectivity index (χ3v) is 5.62. The molecule has 138 valence electrons. The zero-order valence-corrected chi connectivity index (χ0v) is 14.8. The maximum atomic E-state index is 12.8. The van der Waals surface area contributed by atoms with E-state index in [0.717, 1.165) is 5.52 Å². The van der Waals surface area contributed by atoms with Gasteiger partial charge in [0.05, 0.1) is 28.8 Å². The Balaban J connectivity index is 1.46. The van der Waals surface area contributed by atoms with Crippen molar-refractivity contribution in [1.29, 1.82) is 0 Å². The molecule has 1 amide bonds. The zero-order valence-electron chi connectivity index (χ0n) is 14.8. The minimum atomic E-state index is -1.15. The molecule has 7 nitrogen and oxygen atoms in total. The van der Waals surface area contributed by atoms with Gasteiger partial charge in [0, 0.05) is 37.5 Å². The van der Waals surface area contributed by atoms with Gasteiger partial charge in [-0.25, -0.2) is 0 Å². The number of carbonyl (C=O) groups is 1. The number of hydrogen-bond donors (Lipinski definition) is 2. The Labute approximate surface area is 151 Å². The first-order valence-corrected chi connectivity index (χ1v) is 8.93. The summed E-state index contributed by atoms with van der Waals surface area (Å²) in [6, 6.07) is 5.36. The molecule has 1 aromatic carbocycles. The Kier molecular flexibility index (Phi) is 4.17. The van der Waals surface area contributed by atoms with Crippen LogP contribution in [0.1, 0.15) is 36.5 Å². The first-order chi connectivity index (χ1) is 12.4. The maximum absolute atomic E-state index is 12.8. The molecule has 0 bridgehead atoms. The number of likely N-dealkylation sites (tertiary alicyclic amines) is 1. The number of aliphatic hydroxyl groups is 2. The average molecular weight is 357 g/mol. The summed E-state index contributed by atoms with van der Waals surface area (Å²) in [4.78, 5) is 23.1. The molecule has 2 N–H and O–H groups in total. The standard InChI is InChI=1S/C19H23N3O4/c1-18(25)12-19(26-11-16(18)23)4-8-22(9-5-19)17(24)13-2-3-14-15(10-13)21-7-6-20-14/h2-3,6-7,10,16,23,25H,4-5,8-9,11-12H2,1H3/t16-,18-/m0/s1. The Morgan fingerprint density at radius 2 is 1.92 bits per heavy atom. The monoisotopic (exact) mass is 357 g/mol. The molecular weight excluding hydrogens is 334 g/mol. The smallest absolute Gasteiger partial charge is 0.253 e. The predicted molar refractivity (Wildman–Crippen MR) is 94.6 cm³/mol. The number of amides is 1. The number of nitrogens with zero attached hydrogens (tertiary/aromatic N) is 3. The van der Waals surface area contributed by atoms with Crippen LogP contribution < -0.4 is 0 Å². The van der Waals surface area contributed by atoms with Crippen molar-refractivity contribution in [3.63, 3.8) is 0 Å². The second-order valence-corrected chi connectivity index (χ2v) is 7.60. The van der Waals surface area contributed by atoms with Gasteiger partial charge in [-0.1, -0.05) is 0 Å². The molecule has 2 aliphatic heterocycles. The van der Waals surface area contributed by atoms with E-state index >= 15 is 0 Å². The second kappa shape index (κ2) is 6.26. The minimum absolute atomic E-state index is 0.0324. The number of piperidine rings is 1. The molecule has 1 spiro atoms. The lowest BCUT2D eigenvalue weighted by atomic mass is 9.76. The largest absolute Gasteiger partial charge is 0.388 e. The van der Waals surface area contributed by atoms with E-state index in [4.69, 9.17) is 4.74 Å². The van der Waals surface area contributed by atoms with E-state index in [0.29, 0.717) is 43.4 Å². The van der Waals surface area contributed by atoms with Gasteiger partial charge in [0.1, 0.15) is 6.10 Å². The van der Waals surface area contributed by atoms with Crippen LogP contribution in [0.3, 0.4) is 0 Å². The highest BCUT2D eigenvalue weighted by Gasteiger charge is 2.49. The van der Waals surface area contributed by atoms with Gasteiger partial charge in [0.15, 0.2) is 0 Å². The molecule has 2 aliphatic rings. The molecule has 0 saturated carbocycles. The van der Waals surface area contributed by atoms with E-state index in [1.165, 1.54) is 0 Å². The topological polar surface area (TPSA) is 95.8 Å². The third kappa shape index (κ3) is 3.06. The fourth-order valence-electron chi connectivity index (χ4n) is 3.97. The summed E-state index contributed by atoms with van der Waals surface area (Å²) in [6.45, 7) is 2.90. The van der Waals surface area contributed by atoms with Crippen molar-refractivity contribution in [2.75, 3.05) is 19.7 Å². The van der Waals surface area contributed by atoms with Gasteiger partial charge in [0.25, 0.3) is 5.91 Å². The number of carbonyl (C=O) groups excluding carboxylic acids is 1. The quantitative estimate of drug-likeness (QED) is 0.795. The first kappa shape index (κ1) is 17.3. The van der Waals surface area contributed by atoms with Crippen molar-refractivity contribution in [3.05, 3.63) is 36.2 Å². The third-order valence-electron chi connectivity index (χ3n) is 5.62. The summed E-state index contributed by atoms with van der Waals surface area (Å²) in [5.41, 5.74) is 0.446. The summed E-state index contributed by atoms with van der Waals surface area (Å²) in [5, 5.41) is 20.3. The Bertz CT molecular complexity index is 830. The van der Waals surface area contributed by atoms with Crippen LogP contribution in [-0.4, -0.2) is 68.0 Å². The maximum Gasteiger partial charge on any atom is 0.253 e. The molecule has 2 atom stereocenters. The lowest BCUT2D eigenvalue weighted by molar-refractivity contribution is -0.221. The molecule has 0 unspecified atom stereocenters. The highest BCUT2D eigenvalue weighted by Crippen LogP contribution is 2.39. The second-order valence-electron chi connectivity index (χ2n) is 7.60. The molecule has 2 saturated heterocycles. The van der Waals surface area contributed by atoms with Gasteiger partial charge in [0.2, 0.25) is 0 Å². The normalized spacial score (nSPS) is 28.4. The molecular formula is C19H23N3O4. The molecule has 0 radical (unpaired) electrons. The van der Waals surface area contributed by atoms with Crippen LogP contribution in [0.2, 0.25) is 0 Å². The number of aliphatic hydroxyl groups excluding tert-OH is 1. The molecule has 2 aromatic rings. The number of ether oxygens (including phenoxy) is 1. The lowest BCUT2D eigenvalue weighted by Gasteiger charge is -2.49. The molecule has 3 heterocycles. The van der Waals surface area contributed by atoms with E-state index in [2.05, 4.69) is 9.97 Å². The van der Waals surface area contributed by atoms with Crippen LogP contribution in [-0.2, 0) is 4.74 Å². The van der Waals surface area contributed by atoms with Crippen molar-refractivity contribution in [2.24, 2.45) is 0 Å². The molecule has 7 heteroatoms. The van der Waals surface area contributed by atoms with Crippen LogP contribution in [0.15, 0.2) is 30.6 Å². The molecule has 0 aliphatic carbocycles. The van der Waals surface area contributed by atoms with Gasteiger partial charge < -0.3 is 19.8 Å². The van der Waals surface area contributed by atoms with E-state index in [-0.39, 0.29) is 12.5 Å². The van der Waals surface area contributed by atoms with E-state index < -0.39 is 17.3 Å². The summed E-state index contributed by atoms with van der Waals surface area (Å²) in [5.74, 6) is -0.0324. The SMILES string of the molecule is C[C@]1(O)CC2(CCN(C(=O)c3ccc4nccnc4c3)CC2)OC[C@@H]1O. The van der Waals surface area contributed by atoms with E-state index in [1.54, 1.807) is 31.5 Å². The lowest BCUT2D eigenvalue weighted by Crippen LogP contribution is -2.59. The summed E-state index contributed by atoms with van der Waals surface area (Å²) >= 11 is 0. The average Bonchev–Trinajstić information content (AvgIpc) is 2.64. The molecule has 2 fully saturated rings. The van der Waals surface area contributed by atoms with Gasteiger partial charge in [-0.3, -0.25) is 14.8 Å². The van der Waals surface area contributed by atoms with Crippen molar-refractivity contribution in [2.45, 2.75) is 43.5 Å². The van der Waals surface area contributed by atoms with Gasteiger partial charge in [-0.15, -0.1) is 0 Å². The number of hydrogen-bond acceptors (Lipinski definition) is 6. The Morgan fingerprint density at radius 3 is 2.62 bits per heavy atom. The van der Waals surface area contributed by atoms with Crippen LogP contribution in [0.5, 0.6) is 0 Å². The Morgan fingerprint density at radius 1 is 1.23 bits per heavy atom. The van der Waals surface area contributed by atoms with Crippen LogP contribution in [0, 0.1) is 0 Å². The highest BCUT2D eigenvalue weighted by molar-refractivity contribution is 5.97. The summed E-state index contributed by atoms with van der Waals surface area (Å²) in [6.07, 6.45) is 4.05. The first-order valence-electron chi connectivity index (χ1n) is 8.93. The van der Waals surface area contributed by atoms with Gasteiger partial charge >= 0.3 is 0 Å². The van der Waals surface area contributed by atoms with Crippen LogP contribution in [0.25, 0.3) is 11.0 Å². The van der Waals surface area contributed by atoms with E-state index in [9.17, 15) is 15.0 Å². The van der Waals surface area contributed by atoms with Crippen LogP contribution in [0.4, 0.5) is 0 Å². The van der Waals surface area contributed by atoms with Crippen molar-refractivity contribution < 1.29 is 19.7 Å². The predicted octanol–water partition coefficient (Wildman–Crippen LogP) is 1.14. The number of aromatic nitrogens is 2. The molecule has 1 aromatic heterocycles. The molecule has 4 rings (SSSR count). The minimum Gasteiger partial charge on any atom is -0.388 e. The van der Waals surface area contributed by atoms with Gasteiger partial charge in [-0.05, 0) is 38.0 Å². The summed E-state index contributed by atoms with van der Waals surface area (Å²) < 4.78 is 5.88. The van der Waals surface area contributed by atoms with E-state index in [1.807, 2.05) is 11.0 Å². The summed E-state index contributed by atoms with van der Waals surface area (Å²) in [7, 11) is 0. The molecule has 26 heavy (non-hydrogen) atoms. The van der Waals surface area contributed by atoms with Crippen molar-refractivity contribution in [1.82, 2.24) is 14.9 Å². The van der Waals surface area contributed by atoms with Crippen LogP contribution >= 0.6 is 0 Å². The zero-order chi connectivity index (χ0) is 18.4. The number of rotatable bonds is 1. The number of fused-ring (bicyclic) bond motifs is 1. The fraction of sp³-hybridized carbons (Fsp3) is 0.526. The van der Waals surface area contributed by atoms with Crippen molar-refractivity contribution in [3.8, 4) is 0 Å². The highest BCUT2D eigenvalue weighted by atomic mass is 16.5. The van der Waals surface area contributed by atoms with Crippen molar-refractivity contribution >= 4 is 16.9 Å². The fourth-order valence-corrected chi connectivity index (χ4v) is 3.97. The van der Waals surface area contributed by atoms with Gasteiger partial charge in [-0.2, -0.15) is 0 Å². The Hall–Kier alpha value is -2.09. The number of benzene rings is 1.